The summed E-state index contributed by atoms with van der Waals surface area (Å²) < 4.78 is 5.16. The van der Waals surface area contributed by atoms with Gasteiger partial charge in [-0.05, 0) is 74.8 Å². The predicted octanol–water partition coefficient (Wildman–Crippen LogP) is 4.47. The molecule has 2 amide bonds. The van der Waals surface area contributed by atoms with Crippen molar-refractivity contribution < 1.29 is 19.1 Å². The highest BCUT2D eigenvalue weighted by molar-refractivity contribution is 6.04. The lowest BCUT2D eigenvalue weighted by molar-refractivity contribution is -0.117. The van der Waals surface area contributed by atoms with Gasteiger partial charge < -0.3 is 15.4 Å². The molecule has 7 heteroatoms. The maximum absolute atomic E-state index is 12.9. The fourth-order valence-corrected chi connectivity index (χ4v) is 4.51. The van der Waals surface area contributed by atoms with Gasteiger partial charge in [-0.3, -0.25) is 19.3 Å². The van der Waals surface area contributed by atoms with E-state index in [1.54, 1.807) is 55.6 Å². The van der Waals surface area contributed by atoms with E-state index in [0.29, 0.717) is 49.3 Å². The smallest absolute Gasteiger partial charge is 0.253 e. The number of para-hydroxylation sites is 1. The number of ether oxygens (including phenoxy) is 1. The van der Waals surface area contributed by atoms with E-state index in [9.17, 15) is 14.4 Å². The van der Waals surface area contributed by atoms with Crippen LogP contribution in [0.2, 0.25) is 0 Å². The van der Waals surface area contributed by atoms with Crippen molar-refractivity contribution in [3.05, 3.63) is 95.1 Å². The largest absolute Gasteiger partial charge is 0.497 e. The minimum atomic E-state index is -0.241. The number of ketones is 1. The predicted molar refractivity (Wildman–Crippen MR) is 144 cm³/mol. The Morgan fingerprint density at radius 1 is 0.919 bits per heavy atom. The van der Waals surface area contributed by atoms with E-state index >= 15 is 0 Å². The van der Waals surface area contributed by atoms with Gasteiger partial charge in [0.25, 0.3) is 5.91 Å². The van der Waals surface area contributed by atoms with Crippen molar-refractivity contribution >= 4 is 23.3 Å². The Hall–Kier alpha value is -3.97. The van der Waals surface area contributed by atoms with Crippen LogP contribution in [0.1, 0.15) is 44.7 Å². The van der Waals surface area contributed by atoms with Crippen molar-refractivity contribution in [2.75, 3.05) is 32.1 Å². The van der Waals surface area contributed by atoms with Gasteiger partial charge in [-0.15, -0.1) is 0 Å². The number of carbonyl (C=O) groups excluding carboxylic acids is 3. The molecule has 3 aromatic rings. The molecule has 7 nitrogen and oxygen atoms in total. The summed E-state index contributed by atoms with van der Waals surface area (Å²) in [5.41, 5.74) is 3.77. The Kier molecular flexibility index (Phi) is 8.69. The second-order valence-electron chi connectivity index (χ2n) is 9.41. The molecule has 1 aliphatic rings. The summed E-state index contributed by atoms with van der Waals surface area (Å²) in [7, 11) is 1.60. The molecule has 192 valence electrons. The van der Waals surface area contributed by atoms with Crippen LogP contribution in [0.3, 0.4) is 0 Å². The first-order chi connectivity index (χ1) is 17.9. The van der Waals surface area contributed by atoms with E-state index in [1.165, 1.54) is 0 Å². The summed E-state index contributed by atoms with van der Waals surface area (Å²) in [6.07, 6.45) is 1.41. The zero-order chi connectivity index (χ0) is 26.2. The van der Waals surface area contributed by atoms with Crippen LogP contribution < -0.4 is 15.4 Å². The minimum Gasteiger partial charge on any atom is -0.497 e. The lowest BCUT2D eigenvalue weighted by Gasteiger charge is -2.30. The van der Waals surface area contributed by atoms with Crippen molar-refractivity contribution in [3.8, 4) is 5.75 Å². The van der Waals surface area contributed by atoms with Gasteiger partial charge in [0.2, 0.25) is 5.91 Å². The van der Waals surface area contributed by atoms with Crippen LogP contribution in [0.25, 0.3) is 0 Å². The number of amides is 2. The number of anilines is 1. The molecule has 1 saturated heterocycles. The van der Waals surface area contributed by atoms with Crippen molar-refractivity contribution in [1.29, 1.82) is 0 Å². The van der Waals surface area contributed by atoms with Crippen molar-refractivity contribution in [3.63, 3.8) is 0 Å². The first kappa shape index (κ1) is 26.1. The average molecular weight is 500 g/mol. The number of piperidine rings is 1. The molecule has 1 heterocycles. The van der Waals surface area contributed by atoms with Gasteiger partial charge in [0.1, 0.15) is 5.75 Å². The number of likely N-dealkylation sites (tertiary alicyclic amines) is 1. The summed E-state index contributed by atoms with van der Waals surface area (Å²) in [4.78, 5) is 40.5. The van der Waals surface area contributed by atoms with Crippen LogP contribution in [0.4, 0.5) is 5.69 Å². The van der Waals surface area contributed by atoms with Crippen LogP contribution in [0.15, 0.2) is 72.8 Å². The second kappa shape index (κ2) is 12.3. The number of methoxy groups -OCH3 is 1. The molecule has 1 aliphatic heterocycles. The number of hydrogen-bond acceptors (Lipinski definition) is 5. The summed E-state index contributed by atoms with van der Waals surface area (Å²) in [6, 6.07) is 22.2. The van der Waals surface area contributed by atoms with Gasteiger partial charge in [0.05, 0.1) is 24.9 Å². The van der Waals surface area contributed by atoms with Gasteiger partial charge in [0, 0.05) is 18.0 Å². The molecule has 37 heavy (non-hydrogen) atoms. The van der Waals surface area contributed by atoms with Gasteiger partial charge in [0.15, 0.2) is 5.78 Å². The highest BCUT2D eigenvalue weighted by Gasteiger charge is 2.27. The van der Waals surface area contributed by atoms with E-state index in [2.05, 4.69) is 10.6 Å². The second-order valence-corrected chi connectivity index (χ2v) is 9.41. The van der Waals surface area contributed by atoms with Crippen LogP contribution in [-0.4, -0.2) is 49.2 Å². The molecule has 0 aliphatic carbocycles. The summed E-state index contributed by atoms with van der Waals surface area (Å²) >= 11 is 0. The van der Waals surface area contributed by atoms with Crippen molar-refractivity contribution in [2.45, 2.75) is 26.3 Å². The molecule has 0 bridgehead atoms. The van der Waals surface area contributed by atoms with E-state index < -0.39 is 0 Å². The third-order valence-electron chi connectivity index (χ3n) is 6.72. The third kappa shape index (κ3) is 7.05. The molecule has 0 saturated carbocycles. The molecule has 0 unspecified atom stereocenters. The lowest BCUT2D eigenvalue weighted by Crippen LogP contribution is -2.41. The van der Waals surface area contributed by atoms with E-state index in [4.69, 9.17) is 4.74 Å². The van der Waals surface area contributed by atoms with E-state index in [-0.39, 0.29) is 30.1 Å². The quantitative estimate of drug-likeness (QED) is 0.424. The number of carbonyl (C=O) groups is 3. The normalized spacial score (nSPS) is 14.1. The third-order valence-corrected chi connectivity index (χ3v) is 6.72. The number of aryl methyl sites for hydroxylation is 1. The first-order valence-electron chi connectivity index (χ1n) is 12.6. The minimum absolute atomic E-state index is 0.0503. The standard InChI is InChI=1S/C30H33N3O4/c1-21-7-9-22(10-8-21)19-31-30(36)26-5-3-4-6-27(26)32-28(34)20-33-17-15-24(16-18-33)29(35)23-11-13-25(37-2)14-12-23/h3-14,24H,15-20H2,1-2H3,(H,31,36)(H,32,34). The van der Waals surface area contributed by atoms with Crippen LogP contribution in [0, 0.1) is 12.8 Å². The molecule has 1 fully saturated rings. The van der Waals surface area contributed by atoms with Crippen LogP contribution in [-0.2, 0) is 11.3 Å². The molecular weight excluding hydrogens is 466 g/mol. The van der Waals surface area contributed by atoms with E-state index in [1.807, 2.05) is 36.1 Å². The van der Waals surface area contributed by atoms with Crippen molar-refractivity contribution in [2.24, 2.45) is 5.92 Å². The molecule has 0 aromatic heterocycles. The monoisotopic (exact) mass is 499 g/mol. The molecule has 0 spiro atoms. The lowest BCUT2D eigenvalue weighted by atomic mass is 9.89. The maximum Gasteiger partial charge on any atom is 0.253 e. The molecule has 2 N–H and O–H groups in total. The summed E-state index contributed by atoms with van der Waals surface area (Å²) in [5, 5.41) is 5.82. The fourth-order valence-electron chi connectivity index (χ4n) is 4.51. The van der Waals surface area contributed by atoms with Gasteiger partial charge in [-0.25, -0.2) is 0 Å². The number of benzene rings is 3. The molecule has 4 rings (SSSR count). The Bertz CT molecular complexity index is 1230. The number of rotatable bonds is 9. The molecule has 0 atom stereocenters. The molecule has 0 radical (unpaired) electrons. The first-order valence-corrected chi connectivity index (χ1v) is 12.6. The van der Waals surface area contributed by atoms with Gasteiger partial charge in [-0.1, -0.05) is 42.0 Å². The Balaban J connectivity index is 1.27. The van der Waals surface area contributed by atoms with Gasteiger partial charge >= 0.3 is 0 Å². The number of hydrogen-bond donors (Lipinski definition) is 2. The topological polar surface area (TPSA) is 87.7 Å². The van der Waals surface area contributed by atoms with Crippen LogP contribution >= 0.6 is 0 Å². The average Bonchev–Trinajstić information content (AvgIpc) is 2.93. The van der Waals surface area contributed by atoms with E-state index in [0.717, 1.165) is 16.9 Å². The molecular formula is C30H33N3O4. The summed E-state index contributed by atoms with van der Waals surface area (Å²) in [6.45, 7) is 3.97. The highest BCUT2D eigenvalue weighted by Crippen LogP contribution is 2.23. The fraction of sp³-hybridized carbons (Fsp3) is 0.300. The Morgan fingerprint density at radius 2 is 1.59 bits per heavy atom. The maximum atomic E-state index is 12.9. The Morgan fingerprint density at radius 3 is 2.27 bits per heavy atom. The summed E-state index contributed by atoms with van der Waals surface area (Å²) in [5.74, 6) is 0.388. The molecule has 3 aromatic carbocycles. The van der Waals surface area contributed by atoms with Crippen molar-refractivity contribution in [1.82, 2.24) is 10.2 Å². The SMILES string of the molecule is COc1ccc(C(=O)C2CCN(CC(=O)Nc3ccccc3C(=O)NCc3ccc(C)cc3)CC2)cc1. The Labute approximate surface area is 217 Å². The van der Waals surface area contributed by atoms with Gasteiger partial charge in [-0.2, -0.15) is 0 Å². The zero-order valence-electron chi connectivity index (χ0n) is 21.3. The number of nitrogens with one attached hydrogen (secondary N) is 2. The highest BCUT2D eigenvalue weighted by atomic mass is 16.5. The number of nitrogens with zero attached hydrogens (tertiary/aromatic N) is 1. The van der Waals surface area contributed by atoms with Crippen LogP contribution in [0.5, 0.6) is 5.75 Å². The zero-order valence-corrected chi connectivity index (χ0v) is 21.3. The number of Topliss-reactive ketones (excluding diaryl/α,β-unsaturated/α-hetero) is 1.